The first-order valence-electron chi connectivity index (χ1n) is 6.96. The van der Waals surface area contributed by atoms with Crippen molar-refractivity contribution < 1.29 is 4.79 Å². The Morgan fingerprint density at radius 2 is 1.89 bits per heavy atom. The van der Waals surface area contributed by atoms with Crippen LogP contribution in [0.15, 0.2) is 24.3 Å². The lowest BCUT2D eigenvalue weighted by molar-refractivity contribution is -0.121. The van der Waals surface area contributed by atoms with E-state index in [-0.39, 0.29) is 11.8 Å². The van der Waals surface area contributed by atoms with Crippen LogP contribution < -0.4 is 5.32 Å². The average Bonchev–Trinajstić information content (AvgIpc) is 2.42. The normalized spacial score (nSPS) is 22.5. The fraction of sp³-hybridized carbons (Fsp3) is 0.500. The molecule has 0 saturated heterocycles. The minimum Gasteiger partial charge on any atom is -0.326 e. The van der Waals surface area contributed by atoms with Gasteiger partial charge in [0.1, 0.15) is 0 Å². The number of hydrogen-bond acceptors (Lipinski definition) is 2. The SMILES string of the molecule is CC1CCC(C(=O)Nc2ccc(CC#N)cc2)CC1. The van der Waals surface area contributed by atoms with Crippen molar-refractivity contribution in [1.82, 2.24) is 0 Å². The van der Waals surface area contributed by atoms with Gasteiger partial charge in [-0.3, -0.25) is 4.79 Å². The molecule has 1 saturated carbocycles. The summed E-state index contributed by atoms with van der Waals surface area (Å²) in [5.41, 5.74) is 1.80. The lowest BCUT2D eigenvalue weighted by Gasteiger charge is -2.25. The summed E-state index contributed by atoms with van der Waals surface area (Å²) in [6.07, 6.45) is 4.71. The molecule has 1 aromatic carbocycles. The van der Waals surface area contributed by atoms with Gasteiger partial charge in [-0.1, -0.05) is 19.1 Å². The molecule has 19 heavy (non-hydrogen) atoms. The van der Waals surface area contributed by atoms with Gasteiger partial charge in [0.15, 0.2) is 0 Å². The van der Waals surface area contributed by atoms with Crippen molar-refractivity contribution in [2.75, 3.05) is 5.32 Å². The summed E-state index contributed by atoms with van der Waals surface area (Å²) in [7, 11) is 0. The van der Waals surface area contributed by atoms with E-state index in [9.17, 15) is 4.79 Å². The first-order chi connectivity index (χ1) is 9.19. The Labute approximate surface area is 114 Å². The van der Waals surface area contributed by atoms with Crippen molar-refractivity contribution in [3.63, 3.8) is 0 Å². The minimum atomic E-state index is 0.139. The van der Waals surface area contributed by atoms with Gasteiger partial charge < -0.3 is 5.32 Å². The number of nitrogens with one attached hydrogen (secondary N) is 1. The third-order valence-electron chi connectivity index (χ3n) is 3.89. The van der Waals surface area contributed by atoms with Crippen LogP contribution in [0.1, 0.15) is 38.2 Å². The molecule has 1 aliphatic carbocycles. The zero-order valence-electron chi connectivity index (χ0n) is 11.4. The number of benzene rings is 1. The number of carbonyl (C=O) groups is 1. The molecular weight excluding hydrogens is 236 g/mol. The second kappa shape index (κ2) is 6.38. The third kappa shape index (κ3) is 3.82. The van der Waals surface area contributed by atoms with Crippen molar-refractivity contribution in [3.8, 4) is 6.07 Å². The molecule has 1 fully saturated rings. The molecule has 1 N–H and O–H groups in total. The molecule has 3 nitrogen and oxygen atoms in total. The van der Waals surface area contributed by atoms with Crippen molar-refractivity contribution in [2.24, 2.45) is 11.8 Å². The highest BCUT2D eigenvalue weighted by molar-refractivity contribution is 5.92. The summed E-state index contributed by atoms with van der Waals surface area (Å²) < 4.78 is 0. The summed E-state index contributed by atoms with van der Waals surface area (Å²) in [5.74, 6) is 1.06. The van der Waals surface area contributed by atoms with Gasteiger partial charge in [0.05, 0.1) is 12.5 Å². The number of hydrogen-bond donors (Lipinski definition) is 1. The Morgan fingerprint density at radius 3 is 2.47 bits per heavy atom. The number of anilines is 1. The summed E-state index contributed by atoms with van der Waals surface area (Å²) >= 11 is 0. The Kier molecular flexibility index (Phi) is 4.57. The second-order valence-electron chi connectivity index (χ2n) is 5.48. The standard InChI is InChI=1S/C16H20N2O/c1-12-2-6-14(7-3-12)16(19)18-15-8-4-13(5-9-15)10-11-17/h4-5,8-9,12,14H,2-3,6-7,10H2,1H3,(H,18,19). The van der Waals surface area contributed by atoms with Crippen molar-refractivity contribution in [2.45, 2.75) is 39.0 Å². The van der Waals surface area contributed by atoms with Gasteiger partial charge in [0.2, 0.25) is 5.91 Å². The molecule has 100 valence electrons. The lowest BCUT2D eigenvalue weighted by Crippen LogP contribution is -2.26. The molecule has 2 rings (SSSR count). The molecule has 1 amide bonds. The maximum atomic E-state index is 12.1. The summed E-state index contributed by atoms with van der Waals surface area (Å²) in [6.45, 7) is 2.25. The second-order valence-corrected chi connectivity index (χ2v) is 5.48. The molecular formula is C16H20N2O. The van der Waals surface area contributed by atoms with Crippen LogP contribution in [-0.4, -0.2) is 5.91 Å². The van der Waals surface area contributed by atoms with E-state index < -0.39 is 0 Å². The van der Waals surface area contributed by atoms with Gasteiger partial charge in [-0.15, -0.1) is 0 Å². The van der Waals surface area contributed by atoms with Crippen molar-refractivity contribution >= 4 is 11.6 Å². The van der Waals surface area contributed by atoms with E-state index in [1.165, 1.54) is 0 Å². The van der Waals surface area contributed by atoms with Gasteiger partial charge in [0.25, 0.3) is 0 Å². The van der Waals surface area contributed by atoms with E-state index >= 15 is 0 Å². The molecule has 0 bridgehead atoms. The fourth-order valence-corrected chi connectivity index (χ4v) is 2.56. The van der Waals surface area contributed by atoms with Crippen LogP contribution in [0.4, 0.5) is 5.69 Å². The van der Waals surface area contributed by atoms with E-state index in [0.29, 0.717) is 6.42 Å². The summed E-state index contributed by atoms with van der Waals surface area (Å²) in [6, 6.07) is 9.64. The maximum Gasteiger partial charge on any atom is 0.227 e. The number of nitrogens with zero attached hydrogens (tertiary/aromatic N) is 1. The molecule has 0 aliphatic heterocycles. The molecule has 0 radical (unpaired) electrons. The third-order valence-corrected chi connectivity index (χ3v) is 3.89. The molecule has 0 heterocycles. The van der Waals surface area contributed by atoms with Crippen LogP contribution in [0.25, 0.3) is 0 Å². The van der Waals surface area contributed by atoms with Gasteiger partial charge in [-0.05, 0) is 49.3 Å². The Hall–Kier alpha value is -1.82. The highest BCUT2D eigenvalue weighted by Crippen LogP contribution is 2.29. The van der Waals surface area contributed by atoms with Crippen LogP contribution in [0.2, 0.25) is 0 Å². The quantitative estimate of drug-likeness (QED) is 0.899. The van der Waals surface area contributed by atoms with Gasteiger partial charge in [-0.25, -0.2) is 0 Å². The van der Waals surface area contributed by atoms with E-state index in [2.05, 4.69) is 18.3 Å². The molecule has 3 heteroatoms. The molecule has 0 unspecified atom stereocenters. The van der Waals surface area contributed by atoms with Gasteiger partial charge in [-0.2, -0.15) is 5.26 Å². The van der Waals surface area contributed by atoms with Gasteiger partial charge in [0, 0.05) is 11.6 Å². The fourth-order valence-electron chi connectivity index (χ4n) is 2.56. The summed E-state index contributed by atoms with van der Waals surface area (Å²) in [4.78, 5) is 12.1. The minimum absolute atomic E-state index is 0.139. The zero-order chi connectivity index (χ0) is 13.7. The van der Waals surface area contributed by atoms with E-state index in [4.69, 9.17) is 5.26 Å². The van der Waals surface area contributed by atoms with Crippen LogP contribution in [0.3, 0.4) is 0 Å². The number of nitriles is 1. The molecule has 1 aliphatic rings. The largest absolute Gasteiger partial charge is 0.326 e. The Bertz CT molecular complexity index is 465. The first-order valence-corrected chi connectivity index (χ1v) is 6.96. The highest BCUT2D eigenvalue weighted by atomic mass is 16.1. The van der Waals surface area contributed by atoms with Crippen molar-refractivity contribution in [1.29, 1.82) is 5.26 Å². The van der Waals surface area contributed by atoms with Gasteiger partial charge >= 0.3 is 0 Å². The topological polar surface area (TPSA) is 52.9 Å². The lowest BCUT2D eigenvalue weighted by atomic mass is 9.82. The van der Waals surface area contributed by atoms with E-state index in [0.717, 1.165) is 42.9 Å². The smallest absolute Gasteiger partial charge is 0.227 e. The molecule has 0 atom stereocenters. The maximum absolute atomic E-state index is 12.1. The van der Waals surface area contributed by atoms with Crippen molar-refractivity contribution in [3.05, 3.63) is 29.8 Å². The first kappa shape index (κ1) is 13.6. The molecule has 0 spiro atoms. The number of rotatable bonds is 3. The van der Waals surface area contributed by atoms with E-state index in [1.54, 1.807) is 0 Å². The van der Waals surface area contributed by atoms with E-state index in [1.807, 2.05) is 24.3 Å². The van der Waals surface area contributed by atoms with Crippen LogP contribution >= 0.6 is 0 Å². The number of carbonyl (C=O) groups excluding carboxylic acids is 1. The number of amides is 1. The molecule has 1 aromatic rings. The average molecular weight is 256 g/mol. The highest BCUT2D eigenvalue weighted by Gasteiger charge is 2.24. The Morgan fingerprint density at radius 1 is 1.26 bits per heavy atom. The summed E-state index contributed by atoms with van der Waals surface area (Å²) in [5, 5.41) is 11.6. The molecule has 0 aromatic heterocycles. The van der Waals surface area contributed by atoms with Crippen LogP contribution in [-0.2, 0) is 11.2 Å². The van der Waals surface area contributed by atoms with Crippen LogP contribution in [0.5, 0.6) is 0 Å². The predicted octanol–water partition coefficient (Wildman–Crippen LogP) is 3.52. The van der Waals surface area contributed by atoms with Crippen LogP contribution in [0, 0.1) is 23.2 Å². The monoisotopic (exact) mass is 256 g/mol. The zero-order valence-corrected chi connectivity index (χ0v) is 11.4. The Balaban J connectivity index is 1.90. The predicted molar refractivity (Wildman–Crippen MR) is 75.5 cm³/mol.